The van der Waals surface area contributed by atoms with Crippen molar-refractivity contribution in [1.82, 2.24) is 25.5 Å². The van der Waals surface area contributed by atoms with E-state index in [0.717, 1.165) is 124 Å². The molecule has 9 rings (SSSR count). The fourth-order valence-electron chi connectivity index (χ4n) is 7.34. The molecule has 0 saturated heterocycles. The third-order valence-corrected chi connectivity index (χ3v) is 12.7. The van der Waals surface area contributed by atoms with Gasteiger partial charge >= 0.3 is 0 Å². The van der Waals surface area contributed by atoms with Crippen LogP contribution in [-0.2, 0) is 0 Å². The van der Waals surface area contributed by atoms with Crippen LogP contribution in [0.5, 0.6) is 17.2 Å². The summed E-state index contributed by atoms with van der Waals surface area (Å²) in [5, 5.41) is 18.4. The van der Waals surface area contributed by atoms with E-state index in [2.05, 4.69) is 46.3 Å². The second kappa shape index (κ2) is 29.4. The number of benzene rings is 6. The summed E-state index contributed by atoms with van der Waals surface area (Å²) in [5.41, 5.74) is 8.14. The van der Waals surface area contributed by atoms with E-state index in [1.807, 2.05) is 103 Å². The first-order valence-electron chi connectivity index (χ1n) is 25.4. The molecule has 0 N–H and O–H groups in total. The number of ether oxygens (including phenoxy) is 3. The summed E-state index contributed by atoms with van der Waals surface area (Å²) in [6.45, 7) is 8.77. The van der Waals surface area contributed by atoms with Crippen molar-refractivity contribution in [2.75, 3.05) is 19.8 Å². The van der Waals surface area contributed by atoms with Crippen molar-refractivity contribution in [3.8, 4) is 83.8 Å². The molecular weight excluding hydrogens is 963 g/mol. The standard InChI is InChI=1S/C21H21NO3.C20H20N2O3.C20H20N2O2S/c1-2-3-4-13-24-19-11-9-18(10-12-19)21-14-20(22-25-21)17-7-5-16(15-23)6-8-17;1-2-3-4-13-24-18-11-9-16(10-12-18)19-21-20(25-22-19)17-7-5-15(14-23)6-8-17;1-2-3-4-13-24-18-11-9-17(10-12-18)20-22-21-19(25-20)16-7-5-15(14-23)6-8-16/h5-12,14-15H,2-4,13H2,1H3;2*5-12,14H,2-4,13H2,1H3. The molecule has 0 bridgehead atoms. The molecule has 0 amide bonds. The molecule has 384 valence electrons. The molecule has 0 saturated carbocycles. The molecule has 0 aliphatic rings. The van der Waals surface area contributed by atoms with E-state index in [9.17, 15) is 14.4 Å². The van der Waals surface area contributed by atoms with Crippen LogP contribution < -0.4 is 14.2 Å². The monoisotopic (exact) mass is 1020 g/mol. The molecular formula is C61H61N5O8S. The van der Waals surface area contributed by atoms with Gasteiger partial charge < -0.3 is 23.3 Å². The van der Waals surface area contributed by atoms with E-state index in [-0.39, 0.29) is 0 Å². The average Bonchev–Trinajstić information content (AvgIpc) is 4.29. The number of nitrogens with zero attached hydrogens (tertiary/aromatic N) is 5. The molecule has 9 aromatic rings. The first kappa shape index (κ1) is 54.4. The lowest BCUT2D eigenvalue weighted by atomic mass is 10.1. The normalized spacial score (nSPS) is 10.6. The SMILES string of the molecule is CCCCCOc1ccc(-c2cc(-c3ccc(C=O)cc3)no2)cc1.CCCCCOc1ccc(-c2nnc(-c3ccc(C=O)cc3)s2)cc1.CCCCCOc1ccc(-c2noc(-c3ccc(C=O)cc3)n2)cc1. The first-order valence-corrected chi connectivity index (χ1v) is 26.2. The average molecular weight is 1020 g/mol. The van der Waals surface area contributed by atoms with E-state index in [1.54, 1.807) is 48.5 Å². The summed E-state index contributed by atoms with van der Waals surface area (Å²) in [7, 11) is 0. The number of rotatable bonds is 24. The van der Waals surface area contributed by atoms with Crippen molar-refractivity contribution in [1.29, 1.82) is 0 Å². The van der Waals surface area contributed by atoms with Gasteiger partial charge in [-0.3, -0.25) is 14.4 Å². The van der Waals surface area contributed by atoms with Gasteiger partial charge in [0.15, 0.2) is 5.76 Å². The lowest BCUT2D eigenvalue weighted by Crippen LogP contribution is -1.96. The number of hydrogen-bond donors (Lipinski definition) is 0. The smallest absolute Gasteiger partial charge is 0.258 e. The number of aldehydes is 3. The van der Waals surface area contributed by atoms with Crippen LogP contribution in [0.4, 0.5) is 0 Å². The number of carbonyl (C=O) groups is 3. The predicted octanol–water partition coefficient (Wildman–Crippen LogP) is 15.4. The fraction of sp³-hybridized carbons (Fsp3) is 0.246. The highest BCUT2D eigenvalue weighted by Gasteiger charge is 2.13. The van der Waals surface area contributed by atoms with Crippen LogP contribution in [0, 0.1) is 0 Å². The Morgan fingerprint density at radius 3 is 1.24 bits per heavy atom. The fourth-order valence-corrected chi connectivity index (χ4v) is 8.19. The lowest BCUT2D eigenvalue weighted by Gasteiger charge is -2.05. The second-order valence-corrected chi connectivity index (χ2v) is 18.3. The van der Waals surface area contributed by atoms with Crippen LogP contribution in [0.15, 0.2) is 161 Å². The minimum absolute atomic E-state index is 0.423. The number of hydrogen-bond acceptors (Lipinski definition) is 14. The van der Waals surface area contributed by atoms with Crippen molar-refractivity contribution < 1.29 is 37.6 Å². The van der Waals surface area contributed by atoms with Crippen LogP contribution in [-0.4, -0.2) is 64.2 Å². The maximum absolute atomic E-state index is 10.7. The van der Waals surface area contributed by atoms with Crippen molar-refractivity contribution in [3.63, 3.8) is 0 Å². The maximum Gasteiger partial charge on any atom is 0.258 e. The molecule has 0 spiro atoms. The summed E-state index contributed by atoms with van der Waals surface area (Å²) in [6, 6.07) is 47.0. The van der Waals surface area contributed by atoms with Gasteiger partial charge in [0, 0.05) is 56.1 Å². The highest BCUT2D eigenvalue weighted by molar-refractivity contribution is 7.17. The van der Waals surface area contributed by atoms with Crippen LogP contribution in [0.25, 0.3) is 66.6 Å². The molecule has 0 fully saturated rings. The molecule has 0 unspecified atom stereocenters. The topological polar surface area (TPSA) is 170 Å². The van der Waals surface area contributed by atoms with Crippen LogP contribution in [0.3, 0.4) is 0 Å². The number of aromatic nitrogens is 5. The third kappa shape index (κ3) is 16.6. The largest absolute Gasteiger partial charge is 0.494 e. The minimum atomic E-state index is 0.423. The van der Waals surface area contributed by atoms with Crippen LogP contribution in [0.2, 0.25) is 0 Å². The molecule has 0 atom stereocenters. The van der Waals surface area contributed by atoms with E-state index in [4.69, 9.17) is 23.3 Å². The number of carbonyl (C=O) groups excluding carboxylic acids is 3. The van der Waals surface area contributed by atoms with Crippen LogP contribution in [0.1, 0.15) is 110 Å². The third-order valence-electron chi connectivity index (χ3n) is 11.7. The zero-order valence-electron chi connectivity index (χ0n) is 42.6. The molecule has 13 nitrogen and oxygen atoms in total. The Balaban J connectivity index is 0.000000164. The lowest BCUT2D eigenvalue weighted by molar-refractivity contribution is 0.111. The highest BCUT2D eigenvalue weighted by atomic mass is 32.1. The van der Waals surface area contributed by atoms with Gasteiger partial charge in [0.05, 0.1) is 19.8 Å². The Kier molecular flexibility index (Phi) is 21.3. The van der Waals surface area contributed by atoms with E-state index in [0.29, 0.717) is 34.2 Å². The van der Waals surface area contributed by atoms with Gasteiger partial charge in [-0.15, -0.1) is 10.2 Å². The van der Waals surface area contributed by atoms with Gasteiger partial charge in [-0.2, -0.15) is 4.98 Å². The van der Waals surface area contributed by atoms with Gasteiger partial charge in [0.25, 0.3) is 5.89 Å². The van der Waals surface area contributed by atoms with E-state index in [1.165, 1.54) is 49.9 Å². The first-order chi connectivity index (χ1) is 36.9. The second-order valence-electron chi connectivity index (χ2n) is 17.4. The Bertz CT molecular complexity index is 2760. The Hall–Kier alpha value is -8.36. The molecule has 3 heterocycles. The molecule has 0 aliphatic heterocycles. The quantitative estimate of drug-likeness (QED) is 0.0414. The van der Waals surface area contributed by atoms with E-state index >= 15 is 0 Å². The van der Waals surface area contributed by atoms with Gasteiger partial charge in [0.1, 0.15) is 51.8 Å². The van der Waals surface area contributed by atoms with Gasteiger partial charge in [0.2, 0.25) is 5.82 Å². The zero-order valence-corrected chi connectivity index (χ0v) is 43.4. The summed E-state index contributed by atoms with van der Waals surface area (Å²) in [6.07, 6.45) is 12.8. The Morgan fingerprint density at radius 1 is 0.427 bits per heavy atom. The molecule has 14 heteroatoms. The predicted molar refractivity (Wildman–Crippen MR) is 295 cm³/mol. The van der Waals surface area contributed by atoms with Crippen LogP contribution >= 0.6 is 11.3 Å². The van der Waals surface area contributed by atoms with Gasteiger partial charge in [-0.05, 0) is 104 Å². The van der Waals surface area contributed by atoms with E-state index < -0.39 is 0 Å². The van der Waals surface area contributed by atoms with Crippen molar-refractivity contribution in [3.05, 3.63) is 168 Å². The number of unbranched alkanes of at least 4 members (excludes halogenated alkanes) is 6. The molecule has 6 aromatic carbocycles. The van der Waals surface area contributed by atoms with Gasteiger partial charge in [-0.1, -0.05) is 142 Å². The summed E-state index contributed by atoms with van der Waals surface area (Å²) < 4.78 is 27.9. The zero-order chi connectivity index (χ0) is 52.5. The molecule has 0 radical (unpaired) electrons. The maximum atomic E-state index is 10.7. The highest BCUT2D eigenvalue weighted by Crippen LogP contribution is 2.32. The Labute approximate surface area is 441 Å². The van der Waals surface area contributed by atoms with Gasteiger partial charge in [-0.25, -0.2) is 0 Å². The minimum Gasteiger partial charge on any atom is -0.494 e. The molecule has 0 aliphatic carbocycles. The summed E-state index contributed by atoms with van der Waals surface area (Å²) in [5.74, 6) is 4.23. The molecule has 3 aromatic heterocycles. The summed E-state index contributed by atoms with van der Waals surface area (Å²) >= 11 is 1.53. The Morgan fingerprint density at radius 2 is 0.813 bits per heavy atom. The van der Waals surface area contributed by atoms with Crippen molar-refractivity contribution in [2.24, 2.45) is 0 Å². The molecule has 75 heavy (non-hydrogen) atoms. The van der Waals surface area contributed by atoms with Crippen molar-refractivity contribution in [2.45, 2.75) is 78.6 Å². The summed E-state index contributed by atoms with van der Waals surface area (Å²) in [4.78, 5) is 36.6. The van der Waals surface area contributed by atoms with Crippen molar-refractivity contribution >= 4 is 30.2 Å².